The van der Waals surface area contributed by atoms with Gasteiger partial charge in [0.05, 0.1) is 0 Å². The first-order valence-corrected chi connectivity index (χ1v) is 8.42. The highest BCUT2D eigenvalue weighted by Gasteiger charge is 2.42. The summed E-state index contributed by atoms with van der Waals surface area (Å²) < 4.78 is 0. The molecule has 2 fully saturated rings. The van der Waals surface area contributed by atoms with Crippen LogP contribution in [0.2, 0.25) is 0 Å². The summed E-state index contributed by atoms with van der Waals surface area (Å²) in [6, 6.07) is 1.43. The van der Waals surface area contributed by atoms with Crippen molar-refractivity contribution in [2.75, 3.05) is 13.1 Å². The van der Waals surface area contributed by atoms with Crippen molar-refractivity contribution in [2.24, 2.45) is 11.8 Å². The summed E-state index contributed by atoms with van der Waals surface area (Å²) in [4.78, 5) is 2.88. The van der Waals surface area contributed by atoms with Gasteiger partial charge < -0.3 is 5.32 Å². The monoisotopic (exact) mass is 266 g/mol. The Kier molecular flexibility index (Phi) is 4.94. The van der Waals surface area contributed by atoms with Gasteiger partial charge in [0.2, 0.25) is 0 Å². The van der Waals surface area contributed by atoms with Gasteiger partial charge in [-0.1, -0.05) is 40.5 Å². The minimum atomic E-state index is 0.478. The summed E-state index contributed by atoms with van der Waals surface area (Å²) in [6.07, 6.45) is 6.99. The van der Waals surface area contributed by atoms with Gasteiger partial charge in [-0.3, -0.25) is 4.90 Å². The predicted molar refractivity (Wildman–Crippen MR) is 83.5 cm³/mol. The average Bonchev–Trinajstić information content (AvgIpc) is 2.76. The van der Waals surface area contributed by atoms with Crippen LogP contribution in [-0.2, 0) is 0 Å². The predicted octanol–water partition coefficient (Wildman–Crippen LogP) is 3.66. The second-order valence-corrected chi connectivity index (χ2v) is 7.90. The standard InChI is InChI=1S/C17H34N2/c1-13(2)10-15-12-19(16(11-18-15)14(3)4)17(5)8-6-7-9-17/h13-16,18H,6-12H2,1-5H3. The normalized spacial score (nSPS) is 32.4. The molecule has 2 heteroatoms. The Labute approximate surface area is 120 Å². The van der Waals surface area contributed by atoms with Crippen molar-refractivity contribution >= 4 is 0 Å². The maximum Gasteiger partial charge on any atom is 0.0249 e. The summed E-state index contributed by atoms with van der Waals surface area (Å²) in [5.74, 6) is 1.55. The van der Waals surface area contributed by atoms with Crippen molar-refractivity contribution in [1.29, 1.82) is 0 Å². The molecule has 1 saturated heterocycles. The molecule has 1 N–H and O–H groups in total. The van der Waals surface area contributed by atoms with E-state index in [0.717, 1.165) is 17.9 Å². The Morgan fingerprint density at radius 1 is 1.16 bits per heavy atom. The molecule has 2 atom stereocenters. The fraction of sp³-hybridized carbons (Fsp3) is 1.00. The summed E-state index contributed by atoms with van der Waals surface area (Å²) in [5.41, 5.74) is 0.478. The van der Waals surface area contributed by atoms with E-state index in [1.54, 1.807) is 0 Å². The van der Waals surface area contributed by atoms with E-state index in [1.807, 2.05) is 0 Å². The van der Waals surface area contributed by atoms with Gasteiger partial charge in [-0.25, -0.2) is 0 Å². The van der Waals surface area contributed by atoms with Crippen molar-refractivity contribution in [1.82, 2.24) is 10.2 Å². The number of nitrogens with one attached hydrogen (secondary N) is 1. The number of piperazine rings is 1. The van der Waals surface area contributed by atoms with Crippen LogP contribution in [0.5, 0.6) is 0 Å². The van der Waals surface area contributed by atoms with E-state index in [2.05, 4.69) is 44.8 Å². The van der Waals surface area contributed by atoms with Crippen LogP contribution >= 0.6 is 0 Å². The zero-order valence-electron chi connectivity index (χ0n) is 13.7. The molecule has 0 radical (unpaired) electrons. The van der Waals surface area contributed by atoms with E-state index in [1.165, 1.54) is 45.2 Å². The molecular formula is C17H34N2. The van der Waals surface area contributed by atoms with Gasteiger partial charge in [0.25, 0.3) is 0 Å². The SMILES string of the molecule is CC(C)CC1CN(C2(C)CCCC2)C(C(C)C)CN1. The van der Waals surface area contributed by atoms with Gasteiger partial charge in [0, 0.05) is 30.7 Å². The molecule has 1 aliphatic carbocycles. The molecule has 1 heterocycles. The number of hydrogen-bond donors (Lipinski definition) is 1. The van der Waals surface area contributed by atoms with E-state index in [9.17, 15) is 0 Å². The summed E-state index contributed by atoms with van der Waals surface area (Å²) in [5, 5.41) is 3.81. The third-order valence-corrected chi connectivity index (χ3v) is 5.33. The molecule has 2 aliphatic rings. The Bertz CT molecular complexity index is 279. The quantitative estimate of drug-likeness (QED) is 0.835. The van der Waals surface area contributed by atoms with Gasteiger partial charge in [0.1, 0.15) is 0 Å². The van der Waals surface area contributed by atoms with Crippen LogP contribution in [0, 0.1) is 11.8 Å². The fourth-order valence-corrected chi connectivity index (χ4v) is 4.20. The van der Waals surface area contributed by atoms with Gasteiger partial charge in [-0.2, -0.15) is 0 Å². The van der Waals surface area contributed by atoms with Gasteiger partial charge in [0.15, 0.2) is 0 Å². The number of nitrogens with zero attached hydrogens (tertiary/aromatic N) is 1. The third kappa shape index (κ3) is 3.52. The van der Waals surface area contributed by atoms with Crippen LogP contribution in [0.4, 0.5) is 0 Å². The van der Waals surface area contributed by atoms with Crippen LogP contribution in [0.15, 0.2) is 0 Å². The average molecular weight is 266 g/mol. The van der Waals surface area contributed by atoms with Gasteiger partial charge >= 0.3 is 0 Å². The topological polar surface area (TPSA) is 15.3 Å². The Hall–Kier alpha value is -0.0800. The molecule has 19 heavy (non-hydrogen) atoms. The van der Waals surface area contributed by atoms with E-state index in [0.29, 0.717) is 11.6 Å². The second kappa shape index (κ2) is 6.13. The molecule has 112 valence electrons. The number of hydrogen-bond acceptors (Lipinski definition) is 2. The van der Waals surface area contributed by atoms with Crippen molar-refractivity contribution < 1.29 is 0 Å². The fourth-order valence-electron chi connectivity index (χ4n) is 4.20. The number of rotatable bonds is 4. The first-order chi connectivity index (χ1) is 8.92. The molecule has 2 nitrogen and oxygen atoms in total. The zero-order chi connectivity index (χ0) is 14.0. The van der Waals surface area contributed by atoms with E-state index >= 15 is 0 Å². The van der Waals surface area contributed by atoms with Crippen molar-refractivity contribution in [3.05, 3.63) is 0 Å². The Balaban J connectivity index is 2.08. The van der Waals surface area contributed by atoms with Crippen molar-refractivity contribution in [3.8, 4) is 0 Å². The Morgan fingerprint density at radius 2 is 1.79 bits per heavy atom. The largest absolute Gasteiger partial charge is 0.311 e. The first kappa shape index (κ1) is 15.3. The molecule has 0 aromatic carbocycles. The summed E-state index contributed by atoms with van der Waals surface area (Å²) in [7, 11) is 0. The Morgan fingerprint density at radius 3 is 2.32 bits per heavy atom. The van der Waals surface area contributed by atoms with Crippen LogP contribution in [0.3, 0.4) is 0 Å². The highest BCUT2D eigenvalue weighted by Crippen LogP contribution is 2.38. The molecule has 0 spiro atoms. The summed E-state index contributed by atoms with van der Waals surface area (Å²) in [6.45, 7) is 14.4. The molecule has 2 rings (SSSR count). The van der Waals surface area contributed by atoms with Crippen LogP contribution < -0.4 is 5.32 Å². The minimum absolute atomic E-state index is 0.478. The second-order valence-electron chi connectivity index (χ2n) is 7.90. The molecule has 2 unspecified atom stereocenters. The lowest BCUT2D eigenvalue weighted by Crippen LogP contribution is -2.64. The third-order valence-electron chi connectivity index (χ3n) is 5.33. The highest BCUT2D eigenvalue weighted by atomic mass is 15.3. The molecule has 0 bridgehead atoms. The molecular weight excluding hydrogens is 232 g/mol. The van der Waals surface area contributed by atoms with Gasteiger partial charge in [-0.05, 0) is 38.0 Å². The lowest BCUT2D eigenvalue weighted by Gasteiger charge is -2.51. The van der Waals surface area contributed by atoms with E-state index < -0.39 is 0 Å². The van der Waals surface area contributed by atoms with E-state index in [-0.39, 0.29) is 0 Å². The van der Waals surface area contributed by atoms with Gasteiger partial charge in [-0.15, -0.1) is 0 Å². The maximum atomic E-state index is 3.81. The smallest absolute Gasteiger partial charge is 0.0249 e. The molecule has 0 amide bonds. The minimum Gasteiger partial charge on any atom is -0.311 e. The molecule has 1 aliphatic heterocycles. The molecule has 0 aromatic heterocycles. The van der Waals surface area contributed by atoms with Crippen LogP contribution in [0.25, 0.3) is 0 Å². The van der Waals surface area contributed by atoms with Crippen LogP contribution in [0.1, 0.15) is 66.7 Å². The first-order valence-electron chi connectivity index (χ1n) is 8.42. The molecule has 1 saturated carbocycles. The van der Waals surface area contributed by atoms with Crippen molar-refractivity contribution in [2.45, 2.75) is 84.3 Å². The lowest BCUT2D eigenvalue weighted by atomic mass is 9.87. The van der Waals surface area contributed by atoms with Crippen LogP contribution in [-0.4, -0.2) is 35.6 Å². The lowest BCUT2D eigenvalue weighted by molar-refractivity contribution is 0.000616. The van der Waals surface area contributed by atoms with Crippen molar-refractivity contribution in [3.63, 3.8) is 0 Å². The molecule has 0 aromatic rings. The zero-order valence-corrected chi connectivity index (χ0v) is 13.7. The van der Waals surface area contributed by atoms with E-state index in [4.69, 9.17) is 0 Å². The highest BCUT2D eigenvalue weighted by molar-refractivity contribution is 4.99. The summed E-state index contributed by atoms with van der Waals surface area (Å²) >= 11 is 0. The maximum absolute atomic E-state index is 3.81.